The molecular formula is C12H12N4OS. The van der Waals surface area contributed by atoms with Gasteiger partial charge in [0.15, 0.2) is 5.82 Å². The van der Waals surface area contributed by atoms with Crippen molar-refractivity contribution >= 4 is 21.4 Å². The molecule has 6 heteroatoms. The average Bonchev–Trinajstić information content (AvgIpc) is 2.96. The molecule has 0 spiro atoms. The van der Waals surface area contributed by atoms with Gasteiger partial charge in [0.25, 0.3) is 0 Å². The number of H-pyrrole nitrogens is 1. The summed E-state index contributed by atoms with van der Waals surface area (Å²) in [5.74, 6) is 1.50. The summed E-state index contributed by atoms with van der Waals surface area (Å²) in [6.45, 7) is 4.02. The van der Waals surface area contributed by atoms with Crippen molar-refractivity contribution in [2.45, 2.75) is 20.0 Å². The molecule has 0 radical (unpaired) electrons. The number of nitrogens with zero attached hydrogens (tertiary/aromatic N) is 3. The summed E-state index contributed by atoms with van der Waals surface area (Å²) >= 11 is 1.62. The highest BCUT2D eigenvalue weighted by Crippen LogP contribution is 2.43. The van der Waals surface area contributed by atoms with Crippen LogP contribution in [0.25, 0.3) is 20.8 Å². The normalized spacial score (nSPS) is 11.3. The quantitative estimate of drug-likeness (QED) is 0.786. The first kappa shape index (κ1) is 11.2. The molecule has 3 aromatic rings. The average molecular weight is 260 g/mol. The van der Waals surface area contributed by atoms with Crippen LogP contribution in [0, 0.1) is 0 Å². The van der Waals surface area contributed by atoms with Crippen LogP contribution >= 0.6 is 11.3 Å². The number of thiophene rings is 1. The molecule has 0 bridgehead atoms. The maximum absolute atomic E-state index is 5.92. The highest BCUT2D eigenvalue weighted by Gasteiger charge is 2.18. The predicted octanol–water partition coefficient (Wildman–Crippen LogP) is 2.87. The van der Waals surface area contributed by atoms with Crippen LogP contribution in [0.4, 0.5) is 0 Å². The monoisotopic (exact) mass is 260 g/mol. The zero-order valence-electron chi connectivity index (χ0n) is 10.0. The van der Waals surface area contributed by atoms with Gasteiger partial charge >= 0.3 is 0 Å². The number of aromatic amines is 1. The van der Waals surface area contributed by atoms with Crippen LogP contribution in [0.5, 0.6) is 5.75 Å². The van der Waals surface area contributed by atoms with Crippen molar-refractivity contribution in [1.82, 2.24) is 20.6 Å². The molecule has 0 amide bonds. The molecule has 5 nitrogen and oxygen atoms in total. The van der Waals surface area contributed by atoms with Gasteiger partial charge in [-0.15, -0.1) is 16.4 Å². The molecule has 0 fully saturated rings. The Bertz CT molecular complexity index is 660. The Morgan fingerprint density at radius 2 is 2.11 bits per heavy atom. The number of fused-ring (bicyclic) bond motifs is 1. The number of nitrogens with one attached hydrogen (secondary N) is 1. The van der Waals surface area contributed by atoms with Crippen molar-refractivity contribution in [3.63, 3.8) is 0 Å². The van der Waals surface area contributed by atoms with Gasteiger partial charge in [0, 0.05) is 10.1 Å². The Labute approximate surface area is 108 Å². The Morgan fingerprint density at radius 1 is 1.28 bits per heavy atom. The highest BCUT2D eigenvalue weighted by atomic mass is 32.1. The first-order valence-corrected chi connectivity index (χ1v) is 6.49. The van der Waals surface area contributed by atoms with E-state index in [-0.39, 0.29) is 6.10 Å². The molecule has 2 aromatic heterocycles. The second-order valence-electron chi connectivity index (χ2n) is 4.17. The van der Waals surface area contributed by atoms with E-state index in [0.717, 1.165) is 16.0 Å². The smallest absolute Gasteiger partial charge is 0.193 e. The molecule has 1 N–H and O–H groups in total. The molecule has 0 saturated heterocycles. The number of benzene rings is 1. The van der Waals surface area contributed by atoms with Gasteiger partial charge in [0.05, 0.1) is 6.10 Å². The predicted molar refractivity (Wildman–Crippen MR) is 70.8 cm³/mol. The molecule has 92 valence electrons. The zero-order valence-corrected chi connectivity index (χ0v) is 10.9. The van der Waals surface area contributed by atoms with E-state index in [9.17, 15) is 0 Å². The van der Waals surface area contributed by atoms with E-state index in [0.29, 0.717) is 5.82 Å². The van der Waals surface area contributed by atoms with E-state index in [1.807, 2.05) is 26.0 Å². The van der Waals surface area contributed by atoms with Gasteiger partial charge in [0.1, 0.15) is 10.6 Å². The van der Waals surface area contributed by atoms with Crippen molar-refractivity contribution < 1.29 is 4.74 Å². The Kier molecular flexibility index (Phi) is 2.71. The number of aromatic nitrogens is 4. The summed E-state index contributed by atoms with van der Waals surface area (Å²) in [5, 5.41) is 15.1. The van der Waals surface area contributed by atoms with Crippen LogP contribution in [0.3, 0.4) is 0 Å². The highest BCUT2D eigenvalue weighted by molar-refractivity contribution is 7.22. The largest absolute Gasteiger partial charge is 0.489 e. The first-order chi connectivity index (χ1) is 8.75. The van der Waals surface area contributed by atoms with E-state index in [4.69, 9.17) is 4.74 Å². The molecule has 0 aliphatic rings. The number of ether oxygens (including phenoxy) is 1. The van der Waals surface area contributed by atoms with E-state index >= 15 is 0 Å². The lowest BCUT2D eigenvalue weighted by molar-refractivity contribution is 0.247. The van der Waals surface area contributed by atoms with E-state index in [2.05, 4.69) is 32.8 Å². The molecule has 0 unspecified atom stereocenters. The van der Waals surface area contributed by atoms with Crippen LogP contribution in [-0.4, -0.2) is 26.7 Å². The molecular weight excluding hydrogens is 248 g/mol. The summed E-state index contributed by atoms with van der Waals surface area (Å²) in [7, 11) is 0. The summed E-state index contributed by atoms with van der Waals surface area (Å²) in [5.41, 5.74) is 0. The zero-order chi connectivity index (χ0) is 12.5. The van der Waals surface area contributed by atoms with Crippen molar-refractivity contribution in [2.24, 2.45) is 0 Å². The van der Waals surface area contributed by atoms with Crippen LogP contribution in [0.1, 0.15) is 13.8 Å². The molecule has 0 saturated carbocycles. The molecule has 1 aromatic carbocycles. The number of rotatable bonds is 3. The standard InChI is InChI=1S/C12H12N4OS/c1-7(2)17-10-8-5-3-4-6-9(8)18-11(10)12-13-15-16-14-12/h3-7H,1-2H3,(H,13,14,15,16). The molecule has 0 aliphatic heterocycles. The van der Waals surface area contributed by atoms with Crippen LogP contribution in [-0.2, 0) is 0 Å². The van der Waals surface area contributed by atoms with Crippen molar-refractivity contribution in [3.8, 4) is 16.5 Å². The van der Waals surface area contributed by atoms with Gasteiger partial charge in [-0.1, -0.05) is 12.1 Å². The fourth-order valence-corrected chi connectivity index (χ4v) is 2.86. The molecule has 18 heavy (non-hydrogen) atoms. The van der Waals surface area contributed by atoms with Crippen LogP contribution in [0.2, 0.25) is 0 Å². The fraction of sp³-hybridized carbons (Fsp3) is 0.250. The van der Waals surface area contributed by atoms with Crippen molar-refractivity contribution in [2.75, 3.05) is 0 Å². The van der Waals surface area contributed by atoms with Crippen molar-refractivity contribution in [3.05, 3.63) is 24.3 Å². The van der Waals surface area contributed by atoms with Gasteiger partial charge in [-0.2, -0.15) is 0 Å². The van der Waals surface area contributed by atoms with E-state index < -0.39 is 0 Å². The lowest BCUT2D eigenvalue weighted by Crippen LogP contribution is -2.05. The molecule has 0 aliphatic carbocycles. The first-order valence-electron chi connectivity index (χ1n) is 5.68. The third-order valence-corrected chi connectivity index (χ3v) is 3.62. The van der Waals surface area contributed by atoms with Gasteiger partial charge in [-0.3, -0.25) is 0 Å². The van der Waals surface area contributed by atoms with Crippen LogP contribution in [0.15, 0.2) is 24.3 Å². The summed E-state index contributed by atoms with van der Waals surface area (Å²) < 4.78 is 7.08. The molecule has 2 heterocycles. The topological polar surface area (TPSA) is 63.7 Å². The lowest BCUT2D eigenvalue weighted by Gasteiger charge is -2.09. The minimum absolute atomic E-state index is 0.109. The van der Waals surface area contributed by atoms with Gasteiger partial charge < -0.3 is 4.74 Å². The van der Waals surface area contributed by atoms with Gasteiger partial charge in [0.2, 0.25) is 0 Å². The van der Waals surface area contributed by atoms with Gasteiger partial charge in [-0.25, -0.2) is 5.10 Å². The van der Waals surface area contributed by atoms with Gasteiger partial charge in [-0.05, 0) is 36.4 Å². The lowest BCUT2D eigenvalue weighted by atomic mass is 10.2. The minimum atomic E-state index is 0.109. The summed E-state index contributed by atoms with van der Waals surface area (Å²) in [6.07, 6.45) is 0.109. The number of hydrogen-bond donors (Lipinski definition) is 1. The number of tetrazole rings is 1. The van der Waals surface area contributed by atoms with E-state index in [1.165, 1.54) is 4.70 Å². The third kappa shape index (κ3) is 1.84. The summed E-state index contributed by atoms with van der Waals surface area (Å²) in [4.78, 5) is 0.940. The summed E-state index contributed by atoms with van der Waals surface area (Å²) in [6, 6.07) is 8.14. The molecule has 3 rings (SSSR count). The van der Waals surface area contributed by atoms with Crippen LogP contribution < -0.4 is 4.74 Å². The van der Waals surface area contributed by atoms with Crippen molar-refractivity contribution in [1.29, 1.82) is 0 Å². The molecule has 0 atom stereocenters. The second-order valence-corrected chi connectivity index (χ2v) is 5.23. The Hall–Kier alpha value is -1.95. The number of hydrogen-bond acceptors (Lipinski definition) is 5. The maximum Gasteiger partial charge on any atom is 0.193 e. The van der Waals surface area contributed by atoms with E-state index in [1.54, 1.807) is 11.3 Å². The minimum Gasteiger partial charge on any atom is -0.489 e. The Balaban J connectivity index is 2.23. The third-order valence-electron chi connectivity index (χ3n) is 2.46. The maximum atomic E-state index is 5.92. The Morgan fingerprint density at radius 3 is 2.83 bits per heavy atom. The second kappa shape index (κ2) is 4.38. The SMILES string of the molecule is CC(C)Oc1c(-c2nnn[nH]2)sc2ccccc12. The fourth-order valence-electron chi connectivity index (χ4n) is 1.79.